The van der Waals surface area contributed by atoms with Crippen molar-refractivity contribution in [1.82, 2.24) is 5.32 Å². The molecule has 2 aromatic rings. The number of ether oxygens (including phenoxy) is 1. The molecule has 0 aliphatic rings. The van der Waals surface area contributed by atoms with Gasteiger partial charge in [-0.2, -0.15) is 0 Å². The molecule has 0 bridgehead atoms. The van der Waals surface area contributed by atoms with E-state index in [9.17, 15) is 4.39 Å². The lowest BCUT2D eigenvalue weighted by molar-refractivity contribution is 0.312. The van der Waals surface area contributed by atoms with Crippen molar-refractivity contribution >= 4 is 11.3 Å². The normalized spacial score (nSPS) is 10.6. The van der Waals surface area contributed by atoms with Crippen LogP contribution in [0.25, 0.3) is 0 Å². The lowest BCUT2D eigenvalue weighted by Crippen LogP contribution is -2.20. The van der Waals surface area contributed by atoms with Gasteiger partial charge in [0.2, 0.25) is 0 Å². The van der Waals surface area contributed by atoms with Crippen molar-refractivity contribution < 1.29 is 9.13 Å². The predicted molar refractivity (Wildman–Crippen MR) is 72.7 cm³/mol. The number of halogens is 1. The first kappa shape index (κ1) is 13.1. The van der Waals surface area contributed by atoms with Crippen LogP contribution in [-0.2, 0) is 6.54 Å². The number of benzene rings is 1. The van der Waals surface area contributed by atoms with Crippen molar-refractivity contribution in [3.05, 3.63) is 52.0 Å². The van der Waals surface area contributed by atoms with Crippen LogP contribution in [0, 0.1) is 12.7 Å². The molecule has 96 valence electrons. The fourth-order valence-corrected chi connectivity index (χ4v) is 2.46. The standard InChI is InChI=1S/C14H16FNOS/c1-11-5-8-18-14(11)10-16-6-7-17-13-4-2-3-12(15)9-13/h2-5,8-9,16H,6-7,10H2,1H3. The molecule has 0 saturated carbocycles. The molecule has 2 nitrogen and oxygen atoms in total. The van der Waals surface area contributed by atoms with Gasteiger partial charge in [0.1, 0.15) is 18.2 Å². The van der Waals surface area contributed by atoms with Crippen LogP contribution in [0.3, 0.4) is 0 Å². The number of nitrogens with one attached hydrogen (secondary N) is 1. The van der Waals surface area contributed by atoms with Gasteiger partial charge in [0, 0.05) is 24.0 Å². The highest BCUT2D eigenvalue weighted by Crippen LogP contribution is 2.14. The molecule has 0 unspecified atom stereocenters. The molecular weight excluding hydrogens is 249 g/mol. The molecule has 4 heteroatoms. The monoisotopic (exact) mass is 265 g/mol. The second-order valence-electron chi connectivity index (χ2n) is 4.01. The third kappa shape index (κ3) is 3.82. The van der Waals surface area contributed by atoms with Gasteiger partial charge in [-0.1, -0.05) is 6.07 Å². The zero-order valence-electron chi connectivity index (χ0n) is 10.3. The molecule has 1 N–H and O–H groups in total. The molecule has 0 amide bonds. The van der Waals surface area contributed by atoms with Crippen molar-refractivity contribution in [2.24, 2.45) is 0 Å². The molecule has 0 aliphatic carbocycles. The van der Waals surface area contributed by atoms with Crippen LogP contribution in [0.2, 0.25) is 0 Å². The molecule has 0 atom stereocenters. The molecule has 0 spiro atoms. The lowest BCUT2D eigenvalue weighted by atomic mass is 10.3. The third-order valence-corrected chi connectivity index (χ3v) is 3.62. The Labute approximate surface area is 110 Å². The highest BCUT2D eigenvalue weighted by atomic mass is 32.1. The average molecular weight is 265 g/mol. The Morgan fingerprint density at radius 2 is 2.22 bits per heavy atom. The van der Waals surface area contributed by atoms with Gasteiger partial charge in [-0.25, -0.2) is 4.39 Å². The van der Waals surface area contributed by atoms with E-state index in [1.54, 1.807) is 23.5 Å². The van der Waals surface area contributed by atoms with Gasteiger partial charge in [-0.15, -0.1) is 11.3 Å². The van der Waals surface area contributed by atoms with Crippen molar-refractivity contribution in [3.63, 3.8) is 0 Å². The van der Waals surface area contributed by atoms with Crippen LogP contribution in [0.5, 0.6) is 5.75 Å². The Kier molecular flexibility index (Phi) is 4.73. The second kappa shape index (κ2) is 6.52. The van der Waals surface area contributed by atoms with E-state index in [2.05, 4.69) is 23.7 Å². The quantitative estimate of drug-likeness (QED) is 0.809. The largest absolute Gasteiger partial charge is 0.492 e. The van der Waals surface area contributed by atoms with E-state index in [1.807, 2.05) is 0 Å². The zero-order chi connectivity index (χ0) is 12.8. The first-order chi connectivity index (χ1) is 8.75. The zero-order valence-corrected chi connectivity index (χ0v) is 11.1. The minimum Gasteiger partial charge on any atom is -0.492 e. The smallest absolute Gasteiger partial charge is 0.126 e. The van der Waals surface area contributed by atoms with Crippen LogP contribution < -0.4 is 10.1 Å². The van der Waals surface area contributed by atoms with E-state index in [-0.39, 0.29) is 5.82 Å². The van der Waals surface area contributed by atoms with Gasteiger partial charge in [0.25, 0.3) is 0 Å². The van der Waals surface area contributed by atoms with Gasteiger partial charge in [-0.3, -0.25) is 0 Å². The molecule has 0 aliphatic heterocycles. The van der Waals surface area contributed by atoms with Gasteiger partial charge in [-0.05, 0) is 36.1 Å². The summed E-state index contributed by atoms with van der Waals surface area (Å²) in [5.41, 5.74) is 1.32. The number of thiophene rings is 1. The second-order valence-corrected chi connectivity index (χ2v) is 5.01. The summed E-state index contributed by atoms with van der Waals surface area (Å²) in [5, 5.41) is 5.40. The van der Waals surface area contributed by atoms with E-state index in [4.69, 9.17) is 4.74 Å². The number of aryl methyl sites for hydroxylation is 1. The Balaban J connectivity index is 1.66. The highest BCUT2D eigenvalue weighted by Gasteiger charge is 1.99. The number of rotatable bonds is 6. The Hall–Kier alpha value is -1.39. The van der Waals surface area contributed by atoms with Crippen LogP contribution in [-0.4, -0.2) is 13.2 Å². The summed E-state index contributed by atoms with van der Waals surface area (Å²) < 4.78 is 18.3. The lowest BCUT2D eigenvalue weighted by Gasteiger charge is -2.07. The van der Waals surface area contributed by atoms with Crippen LogP contribution in [0.4, 0.5) is 4.39 Å². The van der Waals surface area contributed by atoms with E-state index < -0.39 is 0 Å². The van der Waals surface area contributed by atoms with Crippen molar-refractivity contribution in [3.8, 4) is 5.75 Å². The van der Waals surface area contributed by atoms with Crippen molar-refractivity contribution in [2.45, 2.75) is 13.5 Å². The fourth-order valence-electron chi connectivity index (χ4n) is 1.58. The molecule has 2 rings (SSSR count). The minimum atomic E-state index is -0.269. The van der Waals surface area contributed by atoms with Crippen LogP contribution in [0.15, 0.2) is 35.7 Å². The molecule has 1 aromatic heterocycles. The number of hydrogen-bond acceptors (Lipinski definition) is 3. The maximum Gasteiger partial charge on any atom is 0.126 e. The topological polar surface area (TPSA) is 21.3 Å². The summed E-state index contributed by atoms with van der Waals surface area (Å²) in [6.45, 7) is 4.24. The minimum absolute atomic E-state index is 0.269. The molecule has 1 heterocycles. The molecule has 1 aromatic carbocycles. The fraction of sp³-hybridized carbons (Fsp3) is 0.286. The first-order valence-electron chi connectivity index (χ1n) is 5.88. The summed E-state index contributed by atoms with van der Waals surface area (Å²) in [5.74, 6) is 0.304. The third-order valence-electron chi connectivity index (χ3n) is 2.60. The van der Waals surface area contributed by atoms with Crippen LogP contribution >= 0.6 is 11.3 Å². The number of hydrogen-bond donors (Lipinski definition) is 1. The predicted octanol–water partition coefficient (Wildman–Crippen LogP) is 3.36. The highest BCUT2D eigenvalue weighted by molar-refractivity contribution is 7.10. The summed E-state index contributed by atoms with van der Waals surface area (Å²) >= 11 is 1.75. The summed E-state index contributed by atoms with van der Waals surface area (Å²) in [7, 11) is 0. The van der Waals surface area contributed by atoms with E-state index in [0.717, 1.165) is 13.1 Å². The Bertz CT molecular complexity index is 498. The summed E-state index contributed by atoms with van der Waals surface area (Å²) in [6, 6.07) is 8.32. The maximum absolute atomic E-state index is 12.9. The summed E-state index contributed by atoms with van der Waals surface area (Å²) in [6.07, 6.45) is 0. The van der Waals surface area contributed by atoms with E-state index in [1.165, 1.54) is 22.6 Å². The molecule has 0 radical (unpaired) electrons. The SMILES string of the molecule is Cc1ccsc1CNCCOc1cccc(F)c1. The van der Waals surface area contributed by atoms with Crippen LogP contribution in [0.1, 0.15) is 10.4 Å². The van der Waals surface area contributed by atoms with Gasteiger partial charge in [0.15, 0.2) is 0 Å². The van der Waals surface area contributed by atoms with Crippen molar-refractivity contribution in [1.29, 1.82) is 0 Å². The van der Waals surface area contributed by atoms with Gasteiger partial charge in [0.05, 0.1) is 0 Å². The van der Waals surface area contributed by atoms with Gasteiger partial charge < -0.3 is 10.1 Å². The molecule has 0 saturated heterocycles. The summed E-state index contributed by atoms with van der Waals surface area (Å²) in [4.78, 5) is 1.35. The molecule has 18 heavy (non-hydrogen) atoms. The van der Waals surface area contributed by atoms with E-state index in [0.29, 0.717) is 12.4 Å². The Morgan fingerprint density at radius 3 is 2.94 bits per heavy atom. The average Bonchev–Trinajstić information content (AvgIpc) is 2.75. The first-order valence-corrected chi connectivity index (χ1v) is 6.76. The van der Waals surface area contributed by atoms with Gasteiger partial charge >= 0.3 is 0 Å². The Morgan fingerprint density at radius 1 is 1.33 bits per heavy atom. The molecular formula is C14H16FNOS. The molecule has 0 fully saturated rings. The van der Waals surface area contributed by atoms with E-state index >= 15 is 0 Å². The van der Waals surface area contributed by atoms with Crippen molar-refractivity contribution in [2.75, 3.05) is 13.2 Å². The maximum atomic E-state index is 12.9.